The zero-order chi connectivity index (χ0) is 11.4. The second-order valence-electron chi connectivity index (χ2n) is 3.96. The Bertz CT molecular complexity index is 120. The van der Waals surface area contributed by atoms with E-state index in [0.29, 0.717) is 13.2 Å². The summed E-state index contributed by atoms with van der Waals surface area (Å²) in [6, 6.07) is 0. The average Bonchev–Trinajstić information content (AvgIpc) is 2.27. The van der Waals surface area contributed by atoms with Gasteiger partial charge in [-0.05, 0) is 18.9 Å². The minimum absolute atomic E-state index is 0.119. The van der Waals surface area contributed by atoms with Crippen molar-refractivity contribution in [1.29, 1.82) is 0 Å². The molecule has 15 heavy (non-hydrogen) atoms. The molecule has 92 valence electrons. The van der Waals surface area contributed by atoms with Crippen LogP contribution in [0.1, 0.15) is 39.5 Å². The van der Waals surface area contributed by atoms with Gasteiger partial charge in [0.2, 0.25) is 0 Å². The third-order valence-electron chi connectivity index (χ3n) is 2.64. The SMILES string of the molecule is CCCCC(CC)CNCCOCCO. The van der Waals surface area contributed by atoms with Crippen LogP contribution in [0.5, 0.6) is 0 Å². The molecule has 0 saturated carbocycles. The van der Waals surface area contributed by atoms with Crippen LogP contribution in [-0.2, 0) is 4.74 Å². The Labute approximate surface area is 94.2 Å². The van der Waals surface area contributed by atoms with Gasteiger partial charge >= 0.3 is 0 Å². The van der Waals surface area contributed by atoms with Crippen LogP contribution in [0.25, 0.3) is 0 Å². The highest BCUT2D eigenvalue weighted by molar-refractivity contribution is 4.60. The van der Waals surface area contributed by atoms with Gasteiger partial charge in [0.15, 0.2) is 0 Å². The van der Waals surface area contributed by atoms with E-state index in [4.69, 9.17) is 9.84 Å². The molecule has 0 fully saturated rings. The number of ether oxygens (including phenoxy) is 1. The van der Waals surface area contributed by atoms with E-state index in [2.05, 4.69) is 19.2 Å². The molecule has 0 saturated heterocycles. The lowest BCUT2D eigenvalue weighted by Crippen LogP contribution is -2.26. The molecule has 2 N–H and O–H groups in total. The van der Waals surface area contributed by atoms with Crippen molar-refractivity contribution in [3.05, 3.63) is 0 Å². The van der Waals surface area contributed by atoms with Gasteiger partial charge in [-0.1, -0.05) is 33.1 Å². The maximum atomic E-state index is 8.50. The van der Waals surface area contributed by atoms with E-state index in [1.54, 1.807) is 0 Å². The Hall–Kier alpha value is -0.120. The molecule has 1 atom stereocenters. The molecule has 0 heterocycles. The Balaban J connectivity index is 3.22. The number of rotatable bonds is 11. The predicted octanol–water partition coefficient (Wildman–Crippen LogP) is 1.80. The van der Waals surface area contributed by atoms with E-state index < -0.39 is 0 Å². The van der Waals surface area contributed by atoms with Gasteiger partial charge in [-0.25, -0.2) is 0 Å². The number of aliphatic hydroxyl groups excluding tert-OH is 1. The summed E-state index contributed by atoms with van der Waals surface area (Å²) in [4.78, 5) is 0. The second kappa shape index (κ2) is 12.0. The lowest BCUT2D eigenvalue weighted by molar-refractivity contribution is 0.0934. The smallest absolute Gasteiger partial charge is 0.0698 e. The third-order valence-corrected chi connectivity index (χ3v) is 2.64. The van der Waals surface area contributed by atoms with Gasteiger partial charge in [-0.2, -0.15) is 0 Å². The highest BCUT2D eigenvalue weighted by Crippen LogP contribution is 2.10. The summed E-state index contributed by atoms with van der Waals surface area (Å²) in [6.07, 6.45) is 5.21. The van der Waals surface area contributed by atoms with Crippen LogP contribution in [-0.4, -0.2) is 38.0 Å². The van der Waals surface area contributed by atoms with Crippen LogP contribution in [0.2, 0.25) is 0 Å². The summed E-state index contributed by atoms with van der Waals surface area (Å²) in [5, 5.41) is 11.9. The van der Waals surface area contributed by atoms with Crippen molar-refractivity contribution in [1.82, 2.24) is 5.32 Å². The number of nitrogens with one attached hydrogen (secondary N) is 1. The first kappa shape index (κ1) is 14.9. The molecular formula is C12H27NO2. The molecule has 0 aromatic carbocycles. The first-order valence-electron chi connectivity index (χ1n) is 6.24. The van der Waals surface area contributed by atoms with Crippen LogP contribution in [0, 0.1) is 5.92 Å². The lowest BCUT2D eigenvalue weighted by atomic mass is 9.99. The fraction of sp³-hybridized carbons (Fsp3) is 1.00. The maximum absolute atomic E-state index is 8.50. The zero-order valence-electron chi connectivity index (χ0n) is 10.3. The van der Waals surface area contributed by atoms with Crippen molar-refractivity contribution in [2.75, 3.05) is 32.9 Å². The summed E-state index contributed by atoms with van der Waals surface area (Å²) in [5.41, 5.74) is 0. The second-order valence-corrected chi connectivity index (χ2v) is 3.96. The van der Waals surface area contributed by atoms with Gasteiger partial charge in [-0.15, -0.1) is 0 Å². The minimum atomic E-state index is 0.119. The van der Waals surface area contributed by atoms with Crippen molar-refractivity contribution < 1.29 is 9.84 Å². The summed E-state index contributed by atoms with van der Waals surface area (Å²) in [5.74, 6) is 0.808. The van der Waals surface area contributed by atoms with Crippen LogP contribution >= 0.6 is 0 Å². The molecule has 0 amide bonds. The first-order valence-corrected chi connectivity index (χ1v) is 6.24. The summed E-state index contributed by atoms with van der Waals surface area (Å²) >= 11 is 0. The van der Waals surface area contributed by atoms with Crippen molar-refractivity contribution in [2.24, 2.45) is 5.92 Å². The van der Waals surface area contributed by atoms with E-state index in [0.717, 1.165) is 19.0 Å². The van der Waals surface area contributed by atoms with Crippen LogP contribution in [0.3, 0.4) is 0 Å². The lowest BCUT2D eigenvalue weighted by Gasteiger charge is -2.15. The topological polar surface area (TPSA) is 41.5 Å². The molecular weight excluding hydrogens is 190 g/mol. The monoisotopic (exact) mass is 217 g/mol. The average molecular weight is 217 g/mol. The normalized spacial score (nSPS) is 13.0. The molecule has 0 aromatic rings. The highest BCUT2D eigenvalue weighted by atomic mass is 16.5. The van der Waals surface area contributed by atoms with Gasteiger partial charge in [0.1, 0.15) is 0 Å². The summed E-state index contributed by atoms with van der Waals surface area (Å²) in [6.45, 7) is 7.75. The molecule has 0 aliphatic heterocycles. The molecule has 0 spiro atoms. The van der Waals surface area contributed by atoms with Gasteiger partial charge in [0.25, 0.3) is 0 Å². The van der Waals surface area contributed by atoms with Crippen LogP contribution in [0.15, 0.2) is 0 Å². The van der Waals surface area contributed by atoms with Crippen molar-refractivity contribution >= 4 is 0 Å². The molecule has 1 unspecified atom stereocenters. The molecule has 0 aliphatic rings. The fourth-order valence-electron chi connectivity index (χ4n) is 1.56. The van der Waals surface area contributed by atoms with Crippen molar-refractivity contribution in [3.8, 4) is 0 Å². The van der Waals surface area contributed by atoms with Gasteiger partial charge < -0.3 is 15.2 Å². The van der Waals surface area contributed by atoms with Gasteiger partial charge in [-0.3, -0.25) is 0 Å². The van der Waals surface area contributed by atoms with E-state index in [1.165, 1.54) is 25.7 Å². The predicted molar refractivity (Wildman–Crippen MR) is 64.1 cm³/mol. The fourth-order valence-corrected chi connectivity index (χ4v) is 1.56. The maximum Gasteiger partial charge on any atom is 0.0698 e. The van der Waals surface area contributed by atoms with E-state index >= 15 is 0 Å². The molecule has 0 bridgehead atoms. The first-order chi connectivity index (χ1) is 7.35. The van der Waals surface area contributed by atoms with Gasteiger partial charge in [0.05, 0.1) is 19.8 Å². The van der Waals surface area contributed by atoms with E-state index in [-0.39, 0.29) is 6.61 Å². The number of hydrogen-bond acceptors (Lipinski definition) is 3. The molecule has 0 rings (SSSR count). The molecule has 0 radical (unpaired) electrons. The molecule has 0 aliphatic carbocycles. The zero-order valence-corrected chi connectivity index (χ0v) is 10.3. The number of unbranched alkanes of at least 4 members (excludes halogenated alkanes) is 1. The summed E-state index contributed by atoms with van der Waals surface area (Å²) < 4.78 is 5.17. The van der Waals surface area contributed by atoms with Crippen molar-refractivity contribution in [2.45, 2.75) is 39.5 Å². The Morgan fingerprint density at radius 2 is 2.07 bits per heavy atom. The third kappa shape index (κ3) is 10.2. The van der Waals surface area contributed by atoms with Crippen LogP contribution in [0.4, 0.5) is 0 Å². The van der Waals surface area contributed by atoms with E-state index in [1.807, 2.05) is 0 Å². The molecule has 3 nitrogen and oxygen atoms in total. The largest absolute Gasteiger partial charge is 0.394 e. The van der Waals surface area contributed by atoms with Crippen molar-refractivity contribution in [3.63, 3.8) is 0 Å². The van der Waals surface area contributed by atoms with E-state index in [9.17, 15) is 0 Å². The molecule has 3 heteroatoms. The highest BCUT2D eigenvalue weighted by Gasteiger charge is 2.04. The van der Waals surface area contributed by atoms with Gasteiger partial charge in [0, 0.05) is 6.54 Å². The summed E-state index contributed by atoms with van der Waals surface area (Å²) in [7, 11) is 0. The Morgan fingerprint density at radius 1 is 1.27 bits per heavy atom. The number of aliphatic hydroxyl groups is 1. The Kier molecular flexibility index (Phi) is 11.9. The number of hydrogen-bond donors (Lipinski definition) is 2. The standard InChI is InChI=1S/C12H27NO2/c1-3-5-6-12(4-2)11-13-7-9-15-10-8-14/h12-14H,3-11H2,1-2H3. The minimum Gasteiger partial charge on any atom is -0.394 e. The van der Waals surface area contributed by atoms with Crippen LogP contribution < -0.4 is 5.32 Å². The quantitative estimate of drug-likeness (QED) is 0.519. The Morgan fingerprint density at radius 3 is 2.67 bits per heavy atom. The molecule has 0 aromatic heterocycles.